The zero-order valence-electron chi connectivity index (χ0n) is 9.08. The number of nitrogen functional groups attached to an aromatic ring is 1. The second kappa shape index (κ2) is 4.94. The van der Waals surface area contributed by atoms with Gasteiger partial charge in [-0.05, 0) is 40.2 Å². The lowest BCUT2D eigenvalue weighted by Crippen LogP contribution is -1.95. The number of anilines is 1. The molecule has 1 aromatic heterocycles. The number of halogens is 2. The minimum Gasteiger partial charge on any atom is -0.496 e. The smallest absolute Gasteiger partial charge is 0.128 e. The van der Waals surface area contributed by atoms with Crippen molar-refractivity contribution in [1.29, 1.82) is 0 Å². The molecular formula is C12H10BrClN2O. The van der Waals surface area contributed by atoms with Gasteiger partial charge in [-0.3, -0.25) is 0 Å². The van der Waals surface area contributed by atoms with Gasteiger partial charge in [0.2, 0.25) is 0 Å². The van der Waals surface area contributed by atoms with E-state index in [1.165, 1.54) is 0 Å². The van der Waals surface area contributed by atoms with Crippen molar-refractivity contribution >= 4 is 33.2 Å². The van der Waals surface area contributed by atoms with E-state index in [1.54, 1.807) is 31.5 Å². The molecule has 17 heavy (non-hydrogen) atoms. The minimum absolute atomic E-state index is 0.615. The number of nitrogens with zero attached hydrogens (tertiary/aromatic N) is 1. The summed E-state index contributed by atoms with van der Waals surface area (Å²) in [6.45, 7) is 0. The number of benzene rings is 1. The van der Waals surface area contributed by atoms with Crippen LogP contribution in [0.15, 0.2) is 35.1 Å². The lowest BCUT2D eigenvalue weighted by atomic mass is 10.1. The number of rotatable bonds is 2. The van der Waals surface area contributed by atoms with Gasteiger partial charge in [0.25, 0.3) is 0 Å². The Morgan fingerprint density at radius 2 is 2.12 bits per heavy atom. The van der Waals surface area contributed by atoms with E-state index < -0.39 is 0 Å². The molecule has 0 atom stereocenters. The number of ether oxygens (including phenoxy) is 1. The summed E-state index contributed by atoms with van der Waals surface area (Å²) in [7, 11) is 1.59. The van der Waals surface area contributed by atoms with Gasteiger partial charge in [-0.2, -0.15) is 0 Å². The number of nitrogens with two attached hydrogens (primary N) is 1. The molecule has 0 bridgehead atoms. The van der Waals surface area contributed by atoms with Crippen LogP contribution >= 0.6 is 27.5 Å². The van der Waals surface area contributed by atoms with Crippen LogP contribution in [0.25, 0.3) is 11.1 Å². The third-order valence-corrected chi connectivity index (χ3v) is 3.21. The maximum atomic E-state index is 5.96. The maximum absolute atomic E-state index is 5.96. The van der Waals surface area contributed by atoms with Crippen molar-refractivity contribution in [2.24, 2.45) is 0 Å². The minimum atomic E-state index is 0.615. The van der Waals surface area contributed by atoms with Crippen LogP contribution in [0.5, 0.6) is 5.75 Å². The highest BCUT2D eigenvalue weighted by Gasteiger charge is 2.13. The zero-order valence-corrected chi connectivity index (χ0v) is 11.4. The second-order valence-corrected chi connectivity index (χ2v) is 4.60. The summed E-state index contributed by atoms with van der Waals surface area (Å²) in [4.78, 5) is 4.16. The van der Waals surface area contributed by atoms with Gasteiger partial charge in [-0.25, -0.2) is 4.98 Å². The van der Waals surface area contributed by atoms with Crippen molar-refractivity contribution in [1.82, 2.24) is 4.98 Å². The fourth-order valence-electron chi connectivity index (χ4n) is 1.59. The molecule has 0 unspecified atom stereocenters. The first-order valence-electron chi connectivity index (χ1n) is 4.87. The third kappa shape index (κ3) is 2.37. The third-order valence-electron chi connectivity index (χ3n) is 2.37. The van der Waals surface area contributed by atoms with Gasteiger partial charge in [0.15, 0.2) is 0 Å². The van der Waals surface area contributed by atoms with Crippen molar-refractivity contribution in [3.63, 3.8) is 0 Å². The van der Waals surface area contributed by atoms with E-state index in [4.69, 9.17) is 22.1 Å². The molecule has 0 aliphatic carbocycles. The molecule has 0 radical (unpaired) electrons. The van der Waals surface area contributed by atoms with E-state index in [0.717, 1.165) is 11.1 Å². The first-order valence-corrected chi connectivity index (χ1v) is 6.04. The van der Waals surface area contributed by atoms with E-state index in [9.17, 15) is 0 Å². The first-order chi connectivity index (χ1) is 8.13. The Balaban J connectivity index is 2.68. The molecule has 2 rings (SSSR count). The highest BCUT2D eigenvalue weighted by atomic mass is 79.9. The molecule has 0 aliphatic rings. The van der Waals surface area contributed by atoms with E-state index in [2.05, 4.69) is 20.9 Å². The van der Waals surface area contributed by atoms with Crippen LogP contribution in [0.1, 0.15) is 0 Å². The molecule has 0 spiro atoms. The van der Waals surface area contributed by atoms with E-state index in [-0.39, 0.29) is 0 Å². The van der Waals surface area contributed by atoms with E-state index >= 15 is 0 Å². The van der Waals surface area contributed by atoms with Crippen molar-refractivity contribution < 1.29 is 4.74 Å². The van der Waals surface area contributed by atoms with Crippen LogP contribution in [0.4, 0.5) is 5.69 Å². The van der Waals surface area contributed by atoms with Crippen molar-refractivity contribution in [2.75, 3.05) is 12.8 Å². The van der Waals surface area contributed by atoms with Crippen LogP contribution < -0.4 is 10.5 Å². The summed E-state index contributed by atoms with van der Waals surface area (Å²) >= 11 is 9.31. The molecular weight excluding hydrogens is 304 g/mol. The molecule has 0 saturated carbocycles. The fourth-order valence-corrected chi connectivity index (χ4v) is 2.31. The lowest BCUT2D eigenvalue weighted by molar-refractivity contribution is 0.416. The topological polar surface area (TPSA) is 48.1 Å². The van der Waals surface area contributed by atoms with Gasteiger partial charge in [0.1, 0.15) is 10.4 Å². The zero-order chi connectivity index (χ0) is 12.4. The number of hydrogen-bond acceptors (Lipinski definition) is 3. The van der Waals surface area contributed by atoms with Crippen LogP contribution in [0, 0.1) is 0 Å². The predicted molar refractivity (Wildman–Crippen MR) is 73.3 cm³/mol. The summed E-state index contributed by atoms with van der Waals surface area (Å²) in [6, 6.07) is 7.14. The Labute approximate surface area is 113 Å². The van der Waals surface area contributed by atoms with Crippen LogP contribution in [-0.2, 0) is 0 Å². The Morgan fingerprint density at radius 3 is 2.76 bits per heavy atom. The highest BCUT2D eigenvalue weighted by molar-refractivity contribution is 9.10. The van der Waals surface area contributed by atoms with E-state index in [0.29, 0.717) is 21.1 Å². The summed E-state index contributed by atoms with van der Waals surface area (Å²) < 4.78 is 5.98. The van der Waals surface area contributed by atoms with Gasteiger partial charge < -0.3 is 10.5 Å². The molecule has 0 amide bonds. The van der Waals surface area contributed by atoms with Gasteiger partial charge in [0, 0.05) is 28.0 Å². The summed E-state index contributed by atoms with van der Waals surface area (Å²) in [6.07, 6.45) is 1.64. The van der Waals surface area contributed by atoms with Crippen molar-refractivity contribution in [2.45, 2.75) is 0 Å². The van der Waals surface area contributed by atoms with Gasteiger partial charge in [-0.15, -0.1) is 0 Å². The maximum Gasteiger partial charge on any atom is 0.128 e. The molecule has 0 saturated heterocycles. The van der Waals surface area contributed by atoms with Gasteiger partial charge >= 0.3 is 0 Å². The predicted octanol–water partition coefficient (Wildman–Crippen LogP) is 3.76. The normalized spacial score (nSPS) is 10.3. The largest absolute Gasteiger partial charge is 0.496 e. The van der Waals surface area contributed by atoms with Gasteiger partial charge in [0.05, 0.1) is 7.11 Å². The molecule has 1 aromatic carbocycles. The molecule has 1 heterocycles. The summed E-state index contributed by atoms with van der Waals surface area (Å²) in [5, 5.41) is 0.615. The fraction of sp³-hybridized carbons (Fsp3) is 0.0833. The molecule has 0 aliphatic heterocycles. The number of hydrogen-bond donors (Lipinski definition) is 1. The van der Waals surface area contributed by atoms with Crippen molar-refractivity contribution in [3.05, 3.63) is 40.1 Å². The highest BCUT2D eigenvalue weighted by Crippen LogP contribution is 2.38. The van der Waals surface area contributed by atoms with Gasteiger partial charge in [-0.1, -0.05) is 11.6 Å². The number of pyridine rings is 1. The standard InChI is InChI=1S/C12H10BrClN2O/c1-17-10-6-7(14)2-3-8(10)11-9(15)4-5-16-12(11)13/h2-6H,1H3,(H2,15,16). The molecule has 3 nitrogen and oxygen atoms in total. The Bertz CT molecular complexity index is 540. The molecule has 2 aromatic rings. The molecule has 88 valence electrons. The number of methoxy groups -OCH3 is 1. The second-order valence-electron chi connectivity index (χ2n) is 3.41. The first kappa shape index (κ1) is 12.2. The average molecular weight is 314 g/mol. The lowest BCUT2D eigenvalue weighted by Gasteiger charge is -2.12. The number of aromatic nitrogens is 1. The quantitative estimate of drug-likeness (QED) is 0.859. The van der Waals surface area contributed by atoms with Crippen LogP contribution in [-0.4, -0.2) is 12.1 Å². The van der Waals surface area contributed by atoms with E-state index in [1.807, 2.05) is 6.07 Å². The summed E-state index contributed by atoms with van der Waals surface area (Å²) in [5.74, 6) is 0.665. The Kier molecular flexibility index (Phi) is 3.54. The van der Waals surface area contributed by atoms with Crippen LogP contribution in [0.3, 0.4) is 0 Å². The Hall–Kier alpha value is -1.26. The SMILES string of the molecule is COc1cc(Cl)ccc1-c1c(N)ccnc1Br. The monoisotopic (exact) mass is 312 g/mol. The van der Waals surface area contributed by atoms with Crippen molar-refractivity contribution in [3.8, 4) is 16.9 Å². The summed E-state index contributed by atoms with van der Waals surface area (Å²) in [5.41, 5.74) is 8.25. The molecule has 2 N–H and O–H groups in total. The Morgan fingerprint density at radius 1 is 1.35 bits per heavy atom. The molecule has 5 heteroatoms. The van der Waals surface area contributed by atoms with Crippen LogP contribution in [0.2, 0.25) is 5.02 Å². The average Bonchev–Trinajstić information content (AvgIpc) is 2.30. The molecule has 0 fully saturated rings.